The highest BCUT2D eigenvalue weighted by Crippen LogP contribution is 2.09. The minimum absolute atomic E-state index is 0.229. The molecule has 1 amide bonds. The number of allylic oxidation sites excluding steroid dienone is 1. The van der Waals surface area contributed by atoms with E-state index in [1.54, 1.807) is 13.0 Å². The fourth-order valence-electron chi connectivity index (χ4n) is 0.843. The van der Waals surface area contributed by atoms with Crippen molar-refractivity contribution in [3.63, 3.8) is 0 Å². The normalized spacial score (nSPS) is 10.6. The molecule has 0 saturated heterocycles. The summed E-state index contributed by atoms with van der Waals surface area (Å²) >= 11 is 0. The van der Waals surface area contributed by atoms with Gasteiger partial charge in [0.15, 0.2) is 0 Å². The van der Waals surface area contributed by atoms with Crippen LogP contribution >= 0.6 is 0 Å². The van der Waals surface area contributed by atoms with E-state index in [2.05, 4.69) is 20.3 Å². The van der Waals surface area contributed by atoms with E-state index in [4.69, 9.17) is 0 Å². The van der Waals surface area contributed by atoms with Gasteiger partial charge in [-0.25, -0.2) is 4.63 Å². The number of rotatable bonds is 3. The van der Waals surface area contributed by atoms with Crippen LogP contribution in [0.25, 0.3) is 0 Å². The molecule has 1 rings (SSSR count). The third-order valence-electron chi connectivity index (χ3n) is 1.45. The molecule has 0 aliphatic rings. The van der Waals surface area contributed by atoms with E-state index in [1.807, 2.05) is 6.92 Å². The second-order valence-electron chi connectivity index (χ2n) is 2.40. The molecule has 0 fully saturated rings. The van der Waals surface area contributed by atoms with Crippen molar-refractivity contribution in [3.8, 4) is 0 Å². The largest absolute Gasteiger partial charge is 0.303 e. The highest BCUT2D eigenvalue weighted by molar-refractivity contribution is 5.98. The molecule has 5 heteroatoms. The van der Waals surface area contributed by atoms with Crippen molar-refractivity contribution in [2.24, 2.45) is 0 Å². The second kappa shape index (κ2) is 4.39. The standard InChI is InChI=1S/C8H11N3O2/c1-3-5-7(12)9-8-6(4-2)10-13-11-8/h3,5H,4H2,1-2H3,(H,9,11,12)/b5-3+. The van der Waals surface area contributed by atoms with Gasteiger partial charge in [-0.05, 0) is 24.6 Å². The molecule has 0 atom stereocenters. The summed E-state index contributed by atoms with van der Waals surface area (Å²) in [7, 11) is 0. The third kappa shape index (κ3) is 2.40. The molecule has 13 heavy (non-hydrogen) atoms. The Bertz CT molecular complexity index is 317. The third-order valence-corrected chi connectivity index (χ3v) is 1.45. The van der Waals surface area contributed by atoms with E-state index in [0.717, 1.165) is 0 Å². The van der Waals surface area contributed by atoms with Crippen LogP contribution in [0.2, 0.25) is 0 Å². The van der Waals surface area contributed by atoms with Crippen LogP contribution in [0, 0.1) is 0 Å². The average Bonchev–Trinajstić information content (AvgIpc) is 2.52. The van der Waals surface area contributed by atoms with Gasteiger partial charge in [0, 0.05) is 0 Å². The Labute approximate surface area is 75.8 Å². The monoisotopic (exact) mass is 181 g/mol. The zero-order chi connectivity index (χ0) is 9.68. The van der Waals surface area contributed by atoms with E-state index in [0.29, 0.717) is 17.9 Å². The number of anilines is 1. The Morgan fingerprint density at radius 2 is 2.38 bits per heavy atom. The van der Waals surface area contributed by atoms with Gasteiger partial charge < -0.3 is 5.32 Å². The van der Waals surface area contributed by atoms with Gasteiger partial charge in [-0.1, -0.05) is 18.2 Å². The highest BCUT2D eigenvalue weighted by atomic mass is 16.6. The minimum Gasteiger partial charge on any atom is -0.303 e. The number of aromatic nitrogens is 2. The average molecular weight is 181 g/mol. The van der Waals surface area contributed by atoms with Gasteiger partial charge in [0.2, 0.25) is 11.7 Å². The number of nitrogens with one attached hydrogen (secondary N) is 1. The number of amides is 1. The van der Waals surface area contributed by atoms with E-state index in [-0.39, 0.29) is 5.91 Å². The Morgan fingerprint density at radius 3 is 3.00 bits per heavy atom. The van der Waals surface area contributed by atoms with Crippen LogP contribution in [-0.2, 0) is 11.2 Å². The topological polar surface area (TPSA) is 68.0 Å². The molecule has 0 unspecified atom stereocenters. The summed E-state index contributed by atoms with van der Waals surface area (Å²) in [6.07, 6.45) is 3.73. The first-order valence-electron chi connectivity index (χ1n) is 4.03. The van der Waals surface area contributed by atoms with Gasteiger partial charge in [-0.2, -0.15) is 0 Å². The Kier molecular flexibility index (Phi) is 3.19. The lowest BCUT2D eigenvalue weighted by Crippen LogP contribution is -2.09. The lowest BCUT2D eigenvalue weighted by molar-refractivity contribution is -0.111. The van der Waals surface area contributed by atoms with E-state index >= 15 is 0 Å². The number of hydrogen-bond acceptors (Lipinski definition) is 4. The van der Waals surface area contributed by atoms with Gasteiger partial charge in [-0.3, -0.25) is 4.79 Å². The number of aryl methyl sites for hydroxylation is 1. The lowest BCUT2D eigenvalue weighted by Gasteiger charge is -1.95. The first kappa shape index (κ1) is 9.44. The molecule has 0 spiro atoms. The zero-order valence-corrected chi connectivity index (χ0v) is 7.57. The quantitative estimate of drug-likeness (QED) is 0.710. The predicted octanol–water partition coefficient (Wildman–Crippen LogP) is 1.15. The molecule has 1 aromatic rings. The molecular formula is C8H11N3O2. The van der Waals surface area contributed by atoms with Crippen molar-refractivity contribution < 1.29 is 9.42 Å². The van der Waals surface area contributed by atoms with Gasteiger partial charge in [0.1, 0.15) is 5.69 Å². The van der Waals surface area contributed by atoms with Crippen molar-refractivity contribution in [3.05, 3.63) is 17.8 Å². The maximum absolute atomic E-state index is 11.1. The Hall–Kier alpha value is -1.65. The number of nitrogens with zero attached hydrogens (tertiary/aromatic N) is 2. The zero-order valence-electron chi connectivity index (χ0n) is 7.57. The van der Waals surface area contributed by atoms with Crippen LogP contribution in [0.1, 0.15) is 19.5 Å². The van der Waals surface area contributed by atoms with Crippen LogP contribution in [0.4, 0.5) is 5.82 Å². The molecule has 1 heterocycles. The number of carbonyl (C=O) groups excluding carboxylic acids is 1. The smallest absolute Gasteiger partial charge is 0.249 e. The molecule has 0 bridgehead atoms. The number of carbonyl (C=O) groups is 1. The van der Waals surface area contributed by atoms with Crippen molar-refractivity contribution in [2.75, 3.05) is 5.32 Å². The van der Waals surface area contributed by atoms with Crippen LogP contribution in [-0.4, -0.2) is 16.2 Å². The molecule has 5 nitrogen and oxygen atoms in total. The van der Waals surface area contributed by atoms with Crippen LogP contribution in [0.15, 0.2) is 16.8 Å². The van der Waals surface area contributed by atoms with E-state index in [1.165, 1.54) is 6.08 Å². The summed E-state index contributed by atoms with van der Waals surface area (Å²) in [4.78, 5) is 11.1. The SMILES string of the molecule is C/C=C/C(=O)Nc1nonc1CC. The van der Waals surface area contributed by atoms with Gasteiger partial charge >= 0.3 is 0 Å². The van der Waals surface area contributed by atoms with Crippen LogP contribution < -0.4 is 5.32 Å². The van der Waals surface area contributed by atoms with Gasteiger partial charge in [-0.15, -0.1) is 0 Å². The molecule has 0 saturated carbocycles. The Morgan fingerprint density at radius 1 is 1.62 bits per heavy atom. The number of hydrogen-bond donors (Lipinski definition) is 1. The summed E-state index contributed by atoms with van der Waals surface area (Å²) in [6.45, 7) is 3.67. The van der Waals surface area contributed by atoms with E-state index < -0.39 is 0 Å². The molecule has 1 aromatic heterocycles. The molecule has 70 valence electrons. The second-order valence-corrected chi connectivity index (χ2v) is 2.40. The first-order chi connectivity index (χ1) is 6.27. The summed E-state index contributed by atoms with van der Waals surface area (Å²) in [6, 6.07) is 0. The lowest BCUT2D eigenvalue weighted by atomic mass is 10.3. The molecule has 1 N–H and O–H groups in total. The van der Waals surface area contributed by atoms with Crippen molar-refractivity contribution in [2.45, 2.75) is 20.3 Å². The summed E-state index contributed by atoms with van der Waals surface area (Å²) in [5.74, 6) is 0.165. The first-order valence-corrected chi connectivity index (χ1v) is 4.03. The molecule has 0 aliphatic carbocycles. The summed E-state index contributed by atoms with van der Waals surface area (Å²) < 4.78 is 4.48. The fourth-order valence-corrected chi connectivity index (χ4v) is 0.843. The van der Waals surface area contributed by atoms with Crippen molar-refractivity contribution in [1.29, 1.82) is 0 Å². The minimum atomic E-state index is -0.229. The summed E-state index contributed by atoms with van der Waals surface area (Å²) in [5.41, 5.74) is 0.651. The highest BCUT2D eigenvalue weighted by Gasteiger charge is 2.08. The summed E-state index contributed by atoms with van der Waals surface area (Å²) in [5, 5.41) is 9.73. The molecule has 0 radical (unpaired) electrons. The van der Waals surface area contributed by atoms with Crippen molar-refractivity contribution in [1.82, 2.24) is 10.3 Å². The van der Waals surface area contributed by atoms with Crippen LogP contribution in [0.5, 0.6) is 0 Å². The Balaban J connectivity index is 2.68. The van der Waals surface area contributed by atoms with E-state index in [9.17, 15) is 4.79 Å². The maximum Gasteiger partial charge on any atom is 0.249 e. The molecule has 0 aliphatic heterocycles. The maximum atomic E-state index is 11.1. The molecule has 0 aromatic carbocycles. The van der Waals surface area contributed by atoms with Crippen LogP contribution in [0.3, 0.4) is 0 Å². The van der Waals surface area contributed by atoms with Gasteiger partial charge in [0.25, 0.3) is 0 Å². The fraction of sp³-hybridized carbons (Fsp3) is 0.375. The van der Waals surface area contributed by atoms with Gasteiger partial charge in [0.05, 0.1) is 0 Å². The molecular weight excluding hydrogens is 170 g/mol. The predicted molar refractivity (Wildman–Crippen MR) is 47.1 cm³/mol. The van der Waals surface area contributed by atoms with Crippen molar-refractivity contribution >= 4 is 11.7 Å².